The number of nitrogens with two attached hydrogens (primary N) is 1. The second kappa shape index (κ2) is 4.26. The number of amides is 1. The minimum absolute atomic E-state index is 0.203. The average molecular weight is 309 g/mol. The van der Waals surface area contributed by atoms with E-state index >= 15 is 0 Å². The van der Waals surface area contributed by atoms with Crippen LogP contribution in [0, 0.1) is 11.8 Å². The molecule has 0 aliphatic heterocycles. The lowest BCUT2D eigenvalue weighted by molar-refractivity contribution is -0.123. The highest BCUT2D eigenvalue weighted by Gasteiger charge is 2.54. The van der Waals surface area contributed by atoms with Gasteiger partial charge in [0.25, 0.3) is 0 Å². The van der Waals surface area contributed by atoms with Gasteiger partial charge in [0, 0.05) is 10.2 Å². The minimum Gasteiger partial charge on any atom is -0.370 e. The molecule has 3 rings (SSSR count). The third-order valence-corrected chi connectivity index (χ3v) is 5.21. The predicted octanol–water partition coefficient (Wildman–Crippen LogP) is 2.91. The minimum atomic E-state index is -0.535. The van der Waals surface area contributed by atoms with Crippen molar-refractivity contribution in [1.29, 1.82) is 0 Å². The molecule has 1 aromatic carbocycles. The Balaban J connectivity index is 1.93. The summed E-state index contributed by atoms with van der Waals surface area (Å²) in [5, 5.41) is 3.43. The fraction of sp³-hybridized carbons (Fsp3) is 0.500. The van der Waals surface area contributed by atoms with Gasteiger partial charge in [-0.05, 0) is 65.6 Å². The zero-order valence-corrected chi connectivity index (χ0v) is 11.7. The Labute approximate surface area is 115 Å². The Morgan fingerprint density at radius 3 is 2.72 bits per heavy atom. The number of fused-ring (bicyclic) bond motifs is 2. The zero-order chi connectivity index (χ0) is 12.8. The van der Waals surface area contributed by atoms with Crippen LogP contribution in [0.3, 0.4) is 0 Å². The third-order valence-electron chi connectivity index (χ3n) is 4.52. The van der Waals surface area contributed by atoms with Gasteiger partial charge in [-0.3, -0.25) is 4.79 Å². The molecule has 3 nitrogen and oxygen atoms in total. The van der Waals surface area contributed by atoms with Gasteiger partial charge in [0.2, 0.25) is 5.91 Å². The number of anilines is 1. The normalized spacial score (nSPS) is 33.6. The average Bonchev–Trinajstić information content (AvgIpc) is 2.93. The number of rotatable bonds is 3. The van der Waals surface area contributed by atoms with Gasteiger partial charge in [0.05, 0.1) is 0 Å². The van der Waals surface area contributed by atoms with Crippen LogP contribution in [0.5, 0.6) is 0 Å². The molecule has 1 aromatic rings. The van der Waals surface area contributed by atoms with Crippen molar-refractivity contribution in [3.63, 3.8) is 0 Å². The summed E-state index contributed by atoms with van der Waals surface area (Å²) in [4.78, 5) is 12.0. The maximum Gasteiger partial charge on any atom is 0.243 e. The second-order valence-corrected chi connectivity index (χ2v) is 6.37. The van der Waals surface area contributed by atoms with Crippen molar-refractivity contribution in [3.05, 3.63) is 28.7 Å². The van der Waals surface area contributed by atoms with Crippen molar-refractivity contribution in [2.75, 3.05) is 5.32 Å². The van der Waals surface area contributed by atoms with E-state index in [0.717, 1.165) is 29.4 Å². The van der Waals surface area contributed by atoms with Crippen LogP contribution in [0.4, 0.5) is 5.69 Å². The molecule has 3 N–H and O–H groups in total. The summed E-state index contributed by atoms with van der Waals surface area (Å²) in [6, 6.07) is 7.90. The molecule has 2 aliphatic rings. The van der Waals surface area contributed by atoms with Crippen LogP contribution in [-0.4, -0.2) is 11.4 Å². The topological polar surface area (TPSA) is 55.1 Å². The summed E-state index contributed by atoms with van der Waals surface area (Å²) in [7, 11) is 0. The van der Waals surface area contributed by atoms with Crippen LogP contribution in [-0.2, 0) is 4.79 Å². The van der Waals surface area contributed by atoms with Crippen molar-refractivity contribution < 1.29 is 4.79 Å². The number of carbonyl (C=O) groups excluding carboxylic acids is 1. The number of nitrogens with one attached hydrogen (secondary N) is 1. The second-order valence-electron chi connectivity index (χ2n) is 5.52. The molecule has 96 valence electrons. The highest BCUT2D eigenvalue weighted by atomic mass is 79.9. The van der Waals surface area contributed by atoms with Crippen LogP contribution < -0.4 is 11.1 Å². The highest BCUT2D eigenvalue weighted by molar-refractivity contribution is 9.10. The summed E-state index contributed by atoms with van der Waals surface area (Å²) < 4.78 is 0.980. The van der Waals surface area contributed by atoms with E-state index in [2.05, 4.69) is 21.2 Å². The van der Waals surface area contributed by atoms with Crippen molar-refractivity contribution in [2.24, 2.45) is 17.6 Å². The van der Waals surface area contributed by atoms with Crippen molar-refractivity contribution in [3.8, 4) is 0 Å². The maximum atomic E-state index is 12.0. The highest BCUT2D eigenvalue weighted by Crippen LogP contribution is 2.52. The summed E-state index contributed by atoms with van der Waals surface area (Å²) in [6.45, 7) is 0. The van der Waals surface area contributed by atoms with E-state index in [-0.39, 0.29) is 5.91 Å². The van der Waals surface area contributed by atoms with Gasteiger partial charge in [0.15, 0.2) is 0 Å². The van der Waals surface area contributed by atoms with Crippen molar-refractivity contribution in [1.82, 2.24) is 0 Å². The smallest absolute Gasteiger partial charge is 0.243 e. The molecular formula is C14H17BrN2O. The molecule has 1 amide bonds. The first kappa shape index (κ1) is 12.0. The molecule has 3 atom stereocenters. The molecule has 2 bridgehead atoms. The molecule has 3 unspecified atom stereocenters. The summed E-state index contributed by atoms with van der Waals surface area (Å²) in [6.07, 6.45) is 4.39. The lowest BCUT2D eigenvalue weighted by Gasteiger charge is -2.36. The van der Waals surface area contributed by atoms with Gasteiger partial charge >= 0.3 is 0 Å². The lowest BCUT2D eigenvalue weighted by atomic mass is 9.80. The van der Waals surface area contributed by atoms with Crippen LogP contribution >= 0.6 is 15.9 Å². The van der Waals surface area contributed by atoms with Gasteiger partial charge in [-0.2, -0.15) is 0 Å². The van der Waals surface area contributed by atoms with Crippen LogP contribution in [0.25, 0.3) is 0 Å². The van der Waals surface area contributed by atoms with Crippen molar-refractivity contribution in [2.45, 2.75) is 31.2 Å². The molecule has 0 heterocycles. The van der Waals surface area contributed by atoms with E-state index in [4.69, 9.17) is 5.73 Å². The Morgan fingerprint density at radius 1 is 1.39 bits per heavy atom. The number of halogens is 1. The largest absolute Gasteiger partial charge is 0.370 e. The Kier molecular flexibility index (Phi) is 2.85. The SMILES string of the molecule is NC(=O)C1(Nc2ccccc2Br)CC2CCC1C2. The van der Waals surface area contributed by atoms with E-state index in [1.165, 1.54) is 6.42 Å². The van der Waals surface area contributed by atoms with Crippen LogP contribution in [0.1, 0.15) is 25.7 Å². The van der Waals surface area contributed by atoms with E-state index in [9.17, 15) is 4.79 Å². The maximum absolute atomic E-state index is 12.0. The van der Waals surface area contributed by atoms with Crippen LogP contribution in [0.2, 0.25) is 0 Å². The number of primary amides is 1. The molecule has 0 radical (unpaired) electrons. The summed E-state index contributed by atoms with van der Waals surface area (Å²) >= 11 is 3.52. The fourth-order valence-corrected chi connectivity index (χ4v) is 4.03. The molecule has 2 fully saturated rings. The molecule has 0 saturated heterocycles. The van der Waals surface area contributed by atoms with Gasteiger partial charge in [-0.25, -0.2) is 0 Å². The van der Waals surface area contributed by atoms with E-state index in [0.29, 0.717) is 11.8 Å². The van der Waals surface area contributed by atoms with Gasteiger partial charge in [-0.15, -0.1) is 0 Å². The zero-order valence-electron chi connectivity index (χ0n) is 10.2. The molecule has 2 saturated carbocycles. The number of para-hydroxylation sites is 1. The van der Waals surface area contributed by atoms with Gasteiger partial charge < -0.3 is 11.1 Å². The first-order chi connectivity index (χ1) is 8.62. The summed E-state index contributed by atoms with van der Waals surface area (Å²) in [5.41, 5.74) is 6.13. The standard InChI is InChI=1S/C14H17BrN2O/c15-11-3-1-2-4-12(11)17-14(13(16)18)8-9-5-6-10(14)7-9/h1-4,9-10,17H,5-8H2,(H2,16,18). The monoisotopic (exact) mass is 308 g/mol. The Morgan fingerprint density at radius 2 is 2.17 bits per heavy atom. The Hall–Kier alpha value is -1.03. The molecule has 0 spiro atoms. The molecule has 0 aromatic heterocycles. The van der Waals surface area contributed by atoms with Gasteiger partial charge in [0.1, 0.15) is 5.54 Å². The van der Waals surface area contributed by atoms with E-state index in [1.807, 2.05) is 24.3 Å². The number of carbonyl (C=O) groups is 1. The number of benzene rings is 1. The van der Waals surface area contributed by atoms with E-state index < -0.39 is 5.54 Å². The predicted molar refractivity (Wildman–Crippen MR) is 75.1 cm³/mol. The fourth-order valence-electron chi connectivity index (χ4n) is 3.65. The number of hydrogen-bond donors (Lipinski definition) is 2. The summed E-state index contributed by atoms with van der Waals surface area (Å²) in [5.74, 6) is 0.857. The first-order valence-electron chi connectivity index (χ1n) is 6.44. The van der Waals surface area contributed by atoms with Crippen molar-refractivity contribution >= 4 is 27.5 Å². The molecule has 18 heavy (non-hydrogen) atoms. The lowest BCUT2D eigenvalue weighted by Crippen LogP contribution is -2.54. The van der Waals surface area contributed by atoms with Crippen LogP contribution in [0.15, 0.2) is 28.7 Å². The third kappa shape index (κ3) is 1.74. The first-order valence-corrected chi connectivity index (χ1v) is 7.24. The Bertz CT molecular complexity index is 490. The van der Waals surface area contributed by atoms with Gasteiger partial charge in [-0.1, -0.05) is 12.1 Å². The van der Waals surface area contributed by atoms with E-state index in [1.54, 1.807) is 0 Å². The molecule has 4 heteroatoms. The quantitative estimate of drug-likeness (QED) is 0.902. The molecular weight excluding hydrogens is 292 g/mol. The molecule has 2 aliphatic carbocycles. The number of hydrogen-bond acceptors (Lipinski definition) is 2.